The molecular formula is C22H22N2O3. The van der Waals surface area contributed by atoms with Crippen LogP contribution in [0.15, 0.2) is 54.9 Å². The predicted molar refractivity (Wildman–Crippen MR) is 99.9 cm³/mol. The molecule has 1 amide bonds. The Morgan fingerprint density at radius 1 is 1.07 bits per heavy atom. The van der Waals surface area contributed by atoms with Crippen LogP contribution in [0.25, 0.3) is 0 Å². The van der Waals surface area contributed by atoms with Crippen molar-refractivity contribution in [3.8, 4) is 11.5 Å². The van der Waals surface area contributed by atoms with Gasteiger partial charge in [0.25, 0.3) is 0 Å². The van der Waals surface area contributed by atoms with Crippen LogP contribution < -0.4 is 9.47 Å². The molecule has 3 atom stereocenters. The molecule has 1 aromatic carbocycles. The number of ether oxygens (including phenoxy) is 2. The average Bonchev–Trinajstić information content (AvgIpc) is 3.44. The van der Waals surface area contributed by atoms with Crippen LogP contribution in [0.1, 0.15) is 24.0 Å². The normalized spacial score (nSPS) is 24.4. The van der Waals surface area contributed by atoms with E-state index in [9.17, 15) is 4.79 Å². The second-order valence-corrected chi connectivity index (χ2v) is 7.63. The van der Waals surface area contributed by atoms with Crippen molar-refractivity contribution in [3.63, 3.8) is 0 Å². The van der Waals surface area contributed by atoms with Gasteiger partial charge in [-0.05, 0) is 54.0 Å². The van der Waals surface area contributed by atoms with E-state index >= 15 is 0 Å². The first-order valence-corrected chi connectivity index (χ1v) is 9.51. The topological polar surface area (TPSA) is 51.7 Å². The molecule has 5 rings (SSSR count). The first-order valence-electron chi connectivity index (χ1n) is 9.51. The maximum Gasteiger partial charge on any atom is 0.231 e. The van der Waals surface area contributed by atoms with Gasteiger partial charge in [0, 0.05) is 31.4 Å². The SMILES string of the molecule is O=C([C@H]1C[C@H]2C=C[C@@H]1C2)N(Cc1cccnc1)Cc1ccc2c(c1)OCO2. The molecule has 2 bridgehead atoms. The summed E-state index contributed by atoms with van der Waals surface area (Å²) in [5, 5.41) is 0. The van der Waals surface area contributed by atoms with E-state index in [0.717, 1.165) is 35.5 Å². The van der Waals surface area contributed by atoms with Gasteiger partial charge in [0.2, 0.25) is 12.7 Å². The van der Waals surface area contributed by atoms with E-state index in [-0.39, 0.29) is 18.6 Å². The fraction of sp³-hybridized carbons (Fsp3) is 0.364. The lowest BCUT2D eigenvalue weighted by Gasteiger charge is -2.28. The molecule has 2 aliphatic carbocycles. The number of fused-ring (bicyclic) bond motifs is 3. The second-order valence-electron chi connectivity index (χ2n) is 7.63. The Balaban J connectivity index is 1.39. The van der Waals surface area contributed by atoms with Crippen LogP contribution in [0.5, 0.6) is 11.5 Å². The molecule has 0 spiro atoms. The zero-order valence-corrected chi connectivity index (χ0v) is 15.1. The van der Waals surface area contributed by atoms with Crippen LogP contribution in [-0.2, 0) is 17.9 Å². The molecule has 2 heterocycles. The maximum atomic E-state index is 13.4. The molecule has 3 aliphatic rings. The molecule has 27 heavy (non-hydrogen) atoms. The number of nitrogens with zero attached hydrogens (tertiary/aromatic N) is 2. The number of rotatable bonds is 5. The molecule has 1 aliphatic heterocycles. The van der Waals surface area contributed by atoms with Crippen molar-refractivity contribution in [1.82, 2.24) is 9.88 Å². The summed E-state index contributed by atoms with van der Waals surface area (Å²) in [4.78, 5) is 19.6. The van der Waals surface area contributed by atoms with Crippen molar-refractivity contribution >= 4 is 5.91 Å². The summed E-state index contributed by atoms with van der Waals surface area (Å²) < 4.78 is 10.9. The summed E-state index contributed by atoms with van der Waals surface area (Å²) >= 11 is 0. The van der Waals surface area contributed by atoms with Crippen LogP contribution in [-0.4, -0.2) is 22.6 Å². The zero-order valence-electron chi connectivity index (χ0n) is 15.1. The summed E-state index contributed by atoms with van der Waals surface area (Å²) in [5.74, 6) is 2.84. The largest absolute Gasteiger partial charge is 0.454 e. The number of pyridine rings is 1. The molecular weight excluding hydrogens is 340 g/mol. The molecule has 1 aromatic heterocycles. The molecule has 0 N–H and O–H groups in total. The summed E-state index contributed by atoms with van der Waals surface area (Å²) in [6, 6.07) is 9.85. The van der Waals surface area contributed by atoms with Gasteiger partial charge in [-0.2, -0.15) is 0 Å². The van der Waals surface area contributed by atoms with Gasteiger partial charge in [-0.15, -0.1) is 0 Å². The van der Waals surface area contributed by atoms with E-state index < -0.39 is 0 Å². The van der Waals surface area contributed by atoms with Crippen molar-refractivity contribution in [2.45, 2.75) is 25.9 Å². The van der Waals surface area contributed by atoms with Gasteiger partial charge in [-0.25, -0.2) is 0 Å². The summed E-state index contributed by atoms with van der Waals surface area (Å²) in [7, 11) is 0. The highest BCUT2D eigenvalue weighted by molar-refractivity contribution is 5.80. The number of allylic oxidation sites excluding steroid dienone is 2. The van der Waals surface area contributed by atoms with Gasteiger partial charge in [0.1, 0.15) is 0 Å². The molecule has 5 nitrogen and oxygen atoms in total. The van der Waals surface area contributed by atoms with Gasteiger partial charge in [0.15, 0.2) is 11.5 Å². The van der Waals surface area contributed by atoms with E-state index in [1.165, 1.54) is 0 Å². The fourth-order valence-electron chi connectivity index (χ4n) is 4.48. The average molecular weight is 362 g/mol. The monoisotopic (exact) mass is 362 g/mol. The number of amides is 1. The predicted octanol–water partition coefficient (Wildman–Crippen LogP) is 3.55. The van der Waals surface area contributed by atoms with Gasteiger partial charge < -0.3 is 14.4 Å². The van der Waals surface area contributed by atoms with E-state index in [1.807, 2.05) is 41.4 Å². The summed E-state index contributed by atoms with van der Waals surface area (Å²) in [6.07, 6.45) is 10.2. The molecule has 2 aromatic rings. The van der Waals surface area contributed by atoms with Crippen LogP contribution in [0.3, 0.4) is 0 Å². The minimum Gasteiger partial charge on any atom is -0.454 e. The molecule has 0 unspecified atom stereocenters. The van der Waals surface area contributed by atoms with Crippen molar-refractivity contribution < 1.29 is 14.3 Å². The number of carbonyl (C=O) groups is 1. The number of hydrogen-bond donors (Lipinski definition) is 0. The van der Waals surface area contributed by atoms with Crippen LogP contribution in [0, 0.1) is 17.8 Å². The van der Waals surface area contributed by atoms with Crippen LogP contribution >= 0.6 is 0 Å². The number of benzene rings is 1. The molecule has 1 saturated carbocycles. The Labute approximate surface area is 158 Å². The van der Waals surface area contributed by atoms with E-state index in [1.54, 1.807) is 6.20 Å². The fourth-order valence-corrected chi connectivity index (χ4v) is 4.48. The van der Waals surface area contributed by atoms with E-state index in [4.69, 9.17) is 9.47 Å². The summed E-state index contributed by atoms with van der Waals surface area (Å²) in [5.41, 5.74) is 2.10. The van der Waals surface area contributed by atoms with Gasteiger partial charge in [-0.1, -0.05) is 24.3 Å². The van der Waals surface area contributed by atoms with Gasteiger partial charge in [0.05, 0.1) is 0 Å². The number of carbonyl (C=O) groups excluding carboxylic acids is 1. The zero-order chi connectivity index (χ0) is 18.2. The highest BCUT2D eigenvalue weighted by Crippen LogP contribution is 2.44. The lowest BCUT2D eigenvalue weighted by atomic mass is 9.92. The highest BCUT2D eigenvalue weighted by atomic mass is 16.7. The molecule has 0 saturated heterocycles. The highest BCUT2D eigenvalue weighted by Gasteiger charge is 2.41. The smallest absolute Gasteiger partial charge is 0.231 e. The van der Waals surface area contributed by atoms with Gasteiger partial charge in [-0.3, -0.25) is 9.78 Å². The van der Waals surface area contributed by atoms with Crippen molar-refractivity contribution in [3.05, 3.63) is 66.0 Å². The molecule has 5 heteroatoms. The third-order valence-electron chi connectivity index (χ3n) is 5.81. The van der Waals surface area contributed by atoms with Gasteiger partial charge >= 0.3 is 0 Å². The first kappa shape index (κ1) is 16.4. The summed E-state index contributed by atoms with van der Waals surface area (Å²) in [6.45, 7) is 1.38. The van der Waals surface area contributed by atoms with Crippen molar-refractivity contribution in [1.29, 1.82) is 0 Å². The molecule has 138 valence electrons. The van der Waals surface area contributed by atoms with E-state index in [0.29, 0.717) is 24.9 Å². The quantitative estimate of drug-likeness (QED) is 0.764. The molecule has 0 radical (unpaired) electrons. The Kier molecular flexibility index (Phi) is 4.07. The first-order chi connectivity index (χ1) is 13.3. The maximum absolute atomic E-state index is 13.4. The third kappa shape index (κ3) is 3.18. The number of aromatic nitrogens is 1. The van der Waals surface area contributed by atoms with Crippen molar-refractivity contribution in [2.24, 2.45) is 17.8 Å². The van der Waals surface area contributed by atoms with Crippen LogP contribution in [0.4, 0.5) is 0 Å². The Morgan fingerprint density at radius 2 is 1.96 bits per heavy atom. The third-order valence-corrected chi connectivity index (χ3v) is 5.81. The van der Waals surface area contributed by atoms with Crippen LogP contribution in [0.2, 0.25) is 0 Å². The molecule has 1 fully saturated rings. The second kappa shape index (κ2) is 6.72. The lowest BCUT2D eigenvalue weighted by molar-refractivity contribution is -0.137. The Hall–Kier alpha value is -2.82. The lowest BCUT2D eigenvalue weighted by Crippen LogP contribution is -2.37. The minimum atomic E-state index is 0.102. The van der Waals surface area contributed by atoms with Crippen molar-refractivity contribution in [2.75, 3.05) is 6.79 Å². The Morgan fingerprint density at radius 3 is 2.74 bits per heavy atom. The Bertz CT molecular complexity index is 880. The standard InChI is InChI=1S/C22H22N2O3/c25-22(19-9-15-3-5-18(19)8-15)24(13-17-2-1-7-23-11-17)12-16-4-6-20-21(10-16)27-14-26-20/h1-7,10-11,15,18-19H,8-9,12-14H2/t15-,18+,19-/m0/s1. The van der Waals surface area contributed by atoms with E-state index in [2.05, 4.69) is 17.1 Å². The minimum absolute atomic E-state index is 0.102. The number of hydrogen-bond acceptors (Lipinski definition) is 4.